The standard InChI is InChI=1S/C16H18FN3O3S/c1-23-14-5-6-15(12-4-2-10(18)8-13(12)14)24(21,22)20-11-3-7-16(17)19-9-11/h3,5-7,9-10,20H,2,4,8,18H2,1H3/t10-/m0/s1. The molecule has 3 rings (SSSR count). The Morgan fingerprint density at radius 3 is 2.75 bits per heavy atom. The van der Waals surface area contributed by atoms with Crippen LogP contribution in [0.4, 0.5) is 10.1 Å². The molecule has 0 saturated heterocycles. The largest absolute Gasteiger partial charge is 0.496 e. The van der Waals surface area contributed by atoms with Crippen LogP contribution in [0.25, 0.3) is 0 Å². The first-order valence-electron chi connectivity index (χ1n) is 7.49. The molecule has 8 heteroatoms. The number of methoxy groups -OCH3 is 1. The molecule has 0 fully saturated rings. The first-order valence-corrected chi connectivity index (χ1v) is 8.97. The van der Waals surface area contributed by atoms with E-state index in [1.165, 1.54) is 12.1 Å². The van der Waals surface area contributed by atoms with Crippen LogP contribution in [0, 0.1) is 5.95 Å². The summed E-state index contributed by atoms with van der Waals surface area (Å²) in [6.45, 7) is 0. The van der Waals surface area contributed by atoms with Crippen LogP contribution in [-0.4, -0.2) is 26.6 Å². The average molecular weight is 351 g/mol. The van der Waals surface area contributed by atoms with Crippen molar-refractivity contribution in [2.45, 2.75) is 30.2 Å². The van der Waals surface area contributed by atoms with Crippen molar-refractivity contribution < 1.29 is 17.5 Å². The molecule has 1 heterocycles. The fourth-order valence-electron chi connectivity index (χ4n) is 2.93. The summed E-state index contributed by atoms with van der Waals surface area (Å²) in [5.41, 5.74) is 7.76. The van der Waals surface area contributed by atoms with E-state index in [1.54, 1.807) is 13.2 Å². The molecule has 0 radical (unpaired) electrons. The van der Waals surface area contributed by atoms with E-state index in [0.717, 1.165) is 23.4 Å². The molecule has 0 unspecified atom stereocenters. The highest BCUT2D eigenvalue weighted by Crippen LogP contribution is 2.34. The van der Waals surface area contributed by atoms with Gasteiger partial charge in [-0.1, -0.05) is 0 Å². The van der Waals surface area contributed by atoms with E-state index in [-0.39, 0.29) is 16.6 Å². The SMILES string of the molecule is COc1ccc(S(=O)(=O)Nc2ccc(F)nc2)c2c1C[C@@H](N)CC2. The van der Waals surface area contributed by atoms with Gasteiger partial charge in [-0.05, 0) is 49.1 Å². The third-order valence-corrected chi connectivity index (χ3v) is 5.53. The third kappa shape index (κ3) is 3.20. The maximum atomic E-state index is 12.9. The Bertz CT molecular complexity index is 854. The van der Waals surface area contributed by atoms with Gasteiger partial charge in [0.1, 0.15) is 5.75 Å². The van der Waals surface area contributed by atoms with E-state index in [1.807, 2.05) is 0 Å². The molecule has 3 N–H and O–H groups in total. The lowest BCUT2D eigenvalue weighted by atomic mass is 9.88. The second-order valence-corrected chi connectivity index (χ2v) is 7.35. The molecule has 0 bridgehead atoms. The molecule has 0 spiro atoms. The normalized spacial score (nSPS) is 17.2. The second kappa shape index (κ2) is 6.37. The fraction of sp³-hybridized carbons (Fsp3) is 0.312. The molecule has 0 saturated carbocycles. The van der Waals surface area contributed by atoms with Gasteiger partial charge in [-0.15, -0.1) is 0 Å². The molecule has 24 heavy (non-hydrogen) atoms. The lowest BCUT2D eigenvalue weighted by Crippen LogP contribution is -2.29. The number of rotatable bonds is 4. The predicted octanol–water partition coefficient (Wildman–Crippen LogP) is 1.85. The first-order chi connectivity index (χ1) is 11.4. The van der Waals surface area contributed by atoms with Crippen LogP contribution in [0.5, 0.6) is 5.75 Å². The van der Waals surface area contributed by atoms with E-state index in [4.69, 9.17) is 10.5 Å². The molecular weight excluding hydrogens is 333 g/mol. The Morgan fingerprint density at radius 2 is 2.08 bits per heavy atom. The minimum absolute atomic E-state index is 0.0152. The molecule has 1 aromatic carbocycles. The van der Waals surface area contributed by atoms with Crippen molar-refractivity contribution in [1.29, 1.82) is 0 Å². The number of ether oxygens (including phenoxy) is 1. The monoisotopic (exact) mass is 351 g/mol. The number of sulfonamides is 1. The first kappa shape index (κ1) is 16.7. The van der Waals surface area contributed by atoms with E-state index < -0.39 is 16.0 Å². The van der Waals surface area contributed by atoms with E-state index >= 15 is 0 Å². The van der Waals surface area contributed by atoms with Crippen molar-refractivity contribution in [3.05, 3.63) is 47.5 Å². The number of nitrogens with one attached hydrogen (secondary N) is 1. The highest BCUT2D eigenvalue weighted by molar-refractivity contribution is 7.92. The topological polar surface area (TPSA) is 94.3 Å². The number of halogens is 1. The molecule has 1 aromatic heterocycles. The average Bonchev–Trinajstić information content (AvgIpc) is 2.55. The van der Waals surface area contributed by atoms with E-state index in [9.17, 15) is 12.8 Å². The van der Waals surface area contributed by atoms with E-state index in [0.29, 0.717) is 25.0 Å². The summed E-state index contributed by atoms with van der Waals surface area (Å²) in [4.78, 5) is 3.64. The van der Waals surface area contributed by atoms with Gasteiger partial charge >= 0.3 is 0 Å². The summed E-state index contributed by atoms with van der Waals surface area (Å²) in [6.07, 6.45) is 2.98. The predicted molar refractivity (Wildman–Crippen MR) is 88.0 cm³/mol. The van der Waals surface area contributed by atoms with Crippen LogP contribution >= 0.6 is 0 Å². The minimum Gasteiger partial charge on any atom is -0.496 e. The minimum atomic E-state index is -3.82. The highest BCUT2D eigenvalue weighted by Gasteiger charge is 2.27. The van der Waals surface area contributed by atoms with Gasteiger partial charge in [0, 0.05) is 11.6 Å². The summed E-state index contributed by atoms with van der Waals surface area (Å²) >= 11 is 0. The number of hydrogen-bond donors (Lipinski definition) is 2. The van der Waals surface area contributed by atoms with Crippen molar-refractivity contribution >= 4 is 15.7 Å². The Balaban J connectivity index is 2.02. The third-order valence-electron chi connectivity index (χ3n) is 4.07. The van der Waals surface area contributed by atoms with Crippen molar-refractivity contribution in [2.75, 3.05) is 11.8 Å². The van der Waals surface area contributed by atoms with Gasteiger partial charge in [0.05, 0.1) is 23.9 Å². The van der Waals surface area contributed by atoms with Gasteiger partial charge < -0.3 is 10.5 Å². The number of nitrogens with zero attached hydrogens (tertiary/aromatic N) is 1. The zero-order chi connectivity index (χ0) is 17.3. The van der Waals surface area contributed by atoms with Gasteiger partial charge in [-0.2, -0.15) is 4.39 Å². The zero-order valence-electron chi connectivity index (χ0n) is 13.1. The fourth-order valence-corrected chi connectivity index (χ4v) is 4.27. The number of anilines is 1. The number of pyridine rings is 1. The van der Waals surface area contributed by atoms with Gasteiger partial charge in [0.2, 0.25) is 5.95 Å². The molecular formula is C16H18FN3O3S. The lowest BCUT2D eigenvalue weighted by Gasteiger charge is -2.25. The Hall–Kier alpha value is -2.19. The molecule has 1 aliphatic carbocycles. The van der Waals surface area contributed by atoms with Gasteiger partial charge in [0.15, 0.2) is 0 Å². The maximum absolute atomic E-state index is 12.9. The van der Waals surface area contributed by atoms with Crippen LogP contribution < -0.4 is 15.2 Å². The highest BCUT2D eigenvalue weighted by atomic mass is 32.2. The van der Waals surface area contributed by atoms with Gasteiger partial charge in [0.25, 0.3) is 10.0 Å². The summed E-state index contributed by atoms with van der Waals surface area (Å²) < 4.78 is 46.1. The summed E-state index contributed by atoms with van der Waals surface area (Å²) in [7, 11) is -2.27. The molecule has 0 aliphatic heterocycles. The zero-order valence-corrected chi connectivity index (χ0v) is 13.9. The summed E-state index contributed by atoms with van der Waals surface area (Å²) in [5, 5.41) is 0. The van der Waals surface area contributed by atoms with Crippen LogP contribution in [-0.2, 0) is 22.9 Å². The number of nitrogens with two attached hydrogens (primary N) is 1. The Labute approximate surface area is 139 Å². The van der Waals surface area contributed by atoms with Crippen molar-refractivity contribution in [3.63, 3.8) is 0 Å². The maximum Gasteiger partial charge on any atom is 0.262 e. The lowest BCUT2D eigenvalue weighted by molar-refractivity contribution is 0.402. The molecule has 1 atom stereocenters. The summed E-state index contributed by atoms with van der Waals surface area (Å²) in [5.74, 6) is -0.0312. The van der Waals surface area contributed by atoms with Crippen LogP contribution in [0.2, 0.25) is 0 Å². The number of fused-ring (bicyclic) bond motifs is 1. The molecule has 128 valence electrons. The summed E-state index contributed by atoms with van der Waals surface area (Å²) in [6, 6.07) is 5.56. The number of hydrogen-bond acceptors (Lipinski definition) is 5. The van der Waals surface area contributed by atoms with Crippen LogP contribution in [0.1, 0.15) is 17.5 Å². The molecule has 6 nitrogen and oxygen atoms in total. The van der Waals surface area contributed by atoms with Crippen LogP contribution in [0.15, 0.2) is 35.4 Å². The quantitative estimate of drug-likeness (QED) is 0.820. The second-order valence-electron chi connectivity index (χ2n) is 5.70. The van der Waals surface area contributed by atoms with Crippen LogP contribution in [0.3, 0.4) is 0 Å². The Kier molecular flexibility index (Phi) is 4.42. The number of aromatic nitrogens is 1. The Morgan fingerprint density at radius 1 is 1.29 bits per heavy atom. The van der Waals surface area contributed by atoms with E-state index in [2.05, 4.69) is 9.71 Å². The molecule has 1 aliphatic rings. The van der Waals surface area contributed by atoms with Gasteiger partial charge in [-0.3, -0.25) is 4.72 Å². The van der Waals surface area contributed by atoms with Gasteiger partial charge in [-0.25, -0.2) is 13.4 Å². The smallest absolute Gasteiger partial charge is 0.262 e. The molecule has 0 amide bonds. The van der Waals surface area contributed by atoms with Crippen molar-refractivity contribution in [2.24, 2.45) is 5.73 Å². The molecule has 2 aromatic rings. The van der Waals surface area contributed by atoms with Crippen molar-refractivity contribution in [3.8, 4) is 5.75 Å². The number of benzene rings is 1. The van der Waals surface area contributed by atoms with Crippen molar-refractivity contribution in [1.82, 2.24) is 4.98 Å².